The van der Waals surface area contributed by atoms with Crippen LogP contribution in [0.1, 0.15) is 15.9 Å². The van der Waals surface area contributed by atoms with Crippen molar-refractivity contribution in [1.29, 1.82) is 0 Å². The highest BCUT2D eigenvalue weighted by Gasteiger charge is 2.06. The molecule has 2 aromatic heterocycles. The van der Waals surface area contributed by atoms with Gasteiger partial charge in [0.1, 0.15) is 23.6 Å². The molecule has 28 heavy (non-hydrogen) atoms. The molecule has 0 saturated heterocycles. The average molecular weight is 370 g/mol. The number of benzene rings is 2. The first-order valence-electron chi connectivity index (χ1n) is 8.82. The standard InChI is InChI=1S/C22H18N4O2/c27-22(18-7-9-20(10-8-18)28-19-4-2-1-3-5-19)25-15-17-6-11-21(24-14-17)26-13-12-23-16-26/h1-14,16H,15H2,(H,25,27). The molecule has 6 nitrogen and oxygen atoms in total. The van der Waals surface area contributed by atoms with E-state index in [4.69, 9.17) is 4.74 Å². The van der Waals surface area contributed by atoms with Crippen molar-refractivity contribution >= 4 is 5.91 Å². The predicted molar refractivity (Wildman–Crippen MR) is 105 cm³/mol. The summed E-state index contributed by atoms with van der Waals surface area (Å²) in [5, 5.41) is 2.90. The van der Waals surface area contributed by atoms with Crippen LogP contribution in [0.15, 0.2) is 91.6 Å². The fraction of sp³-hybridized carbons (Fsp3) is 0.0455. The minimum Gasteiger partial charge on any atom is -0.457 e. The number of nitrogens with zero attached hydrogens (tertiary/aromatic N) is 3. The van der Waals surface area contributed by atoms with E-state index in [-0.39, 0.29) is 5.91 Å². The van der Waals surface area contributed by atoms with E-state index in [0.717, 1.165) is 17.1 Å². The van der Waals surface area contributed by atoms with Crippen LogP contribution in [-0.2, 0) is 6.54 Å². The summed E-state index contributed by atoms with van der Waals surface area (Å²) < 4.78 is 7.56. The zero-order chi connectivity index (χ0) is 19.2. The minimum absolute atomic E-state index is 0.148. The fourth-order valence-electron chi connectivity index (χ4n) is 2.65. The maximum atomic E-state index is 12.4. The lowest BCUT2D eigenvalue weighted by atomic mass is 10.2. The number of pyridine rings is 1. The second-order valence-electron chi connectivity index (χ2n) is 6.12. The van der Waals surface area contributed by atoms with Gasteiger partial charge in [0.15, 0.2) is 0 Å². The van der Waals surface area contributed by atoms with Crippen molar-refractivity contribution in [3.8, 4) is 17.3 Å². The monoisotopic (exact) mass is 370 g/mol. The van der Waals surface area contributed by atoms with Gasteiger partial charge in [0, 0.05) is 30.7 Å². The summed E-state index contributed by atoms with van der Waals surface area (Å²) >= 11 is 0. The molecule has 2 heterocycles. The van der Waals surface area contributed by atoms with Crippen LogP contribution >= 0.6 is 0 Å². The molecule has 2 aromatic carbocycles. The Morgan fingerprint density at radius 1 is 0.964 bits per heavy atom. The first-order chi connectivity index (χ1) is 13.8. The van der Waals surface area contributed by atoms with Crippen LogP contribution in [0, 0.1) is 0 Å². The van der Waals surface area contributed by atoms with E-state index in [0.29, 0.717) is 17.9 Å². The molecular formula is C22H18N4O2. The number of para-hydroxylation sites is 1. The largest absolute Gasteiger partial charge is 0.457 e. The first-order valence-corrected chi connectivity index (χ1v) is 8.82. The van der Waals surface area contributed by atoms with Gasteiger partial charge < -0.3 is 10.1 Å². The van der Waals surface area contributed by atoms with Crippen molar-refractivity contribution < 1.29 is 9.53 Å². The van der Waals surface area contributed by atoms with E-state index in [9.17, 15) is 4.79 Å². The maximum absolute atomic E-state index is 12.4. The lowest BCUT2D eigenvalue weighted by Crippen LogP contribution is -2.22. The molecule has 138 valence electrons. The molecule has 0 atom stereocenters. The summed E-state index contributed by atoms with van der Waals surface area (Å²) in [5.74, 6) is 2.07. The highest BCUT2D eigenvalue weighted by molar-refractivity contribution is 5.94. The number of aromatic nitrogens is 3. The minimum atomic E-state index is -0.148. The first kappa shape index (κ1) is 17.5. The molecule has 0 radical (unpaired) electrons. The smallest absolute Gasteiger partial charge is 0.251 e. The number of amides is 1. The lowest BCUT2D eigenvalue weighted by Gasteiger charge is -2.08. The molecule has 0 bridgehead atoms. The van der Waals surface area contributed by atoms with Crippen LogP contribution in [0.4, 0.5) is 0 Å². The summed E-state index contributed by atoms with van der Waals surface area (Å²) in [6, 6.07) is 20.4. The van der Waals surface area contributed by atoms with Crippen LogP contribution in [-0.4, -0.2) is 20.4 Å². The zero-order valence-electron chi connectivity index (χ0n) is 15.0. The van der Waals surface area contributed by atoms with Gasteiger partial charge in [-0.2, -0.15) is 0 Å². The second kappa shape index (κ2) is 8.18. The van der Waals surface area contributed by atoms with Crippen molar-refractivity contribution in [2.24, 2.45) is 0 Å². The second-order valence-corrected chi connectivity index (χ2v) is 6.12. The summed E-state index contributed by atoms with van der Waals surface area (Å²) in [6.45, 7) is 0.401. The number of carbonyl (C=O) groups excluding carboxylic acids is 1. The zero-order valence-corrected chi connectivity index (χ0v) is 15.0. The van der Waals surface area contributed by atoms with Gasteiger partial charge in [0.2, 0.25) is 0 Å². The summed E-state index contributed by atoms with van der Waals surface area (Å²) in [5.41, 5.74) is 1.49. The van der Waals surface area contributed by atoms with Gasteiger partial charge in [-0.15, -0.1) is 0 Å². The van der Waals surface area contributed by atoms with Crippen molar-refractivity contribution in [3.05, 3.63) is 103 Å². The number of carbonyl (C=O) groups is 1. The summed E-state index contributed by atoms with van der Waals surface area (Å²) in [7, 11) is 0. The van der Waals surface area contributed by atoms with Crippen molar-refractivity contribution in [3.63, 3.8) is 0 Å². The van der Waals surface area contributed by atoms with E-state index in [2.05, 4.69) is 15.3 Å². The van der Waals surface area contributed by atoms with Gasteiger partial charge in [-0.3, -0.25) is 9.36 Å². The number of hydrogen-bond donors (Lipinski definition) is 1. The molecule has 4 aromatic rings. The van der Waals surface area contributed by atoms with E-state index >= 15 is 0 Å². The van der Waals surface area contributed by atoms with Crippen molar-refractivity contribution in [2.45, 2.75) is 6.54 Å². The van der Waals surface area contributed by atoms with Gasteiger partial charge in [-0.1, -0.05) is 24.3 Å². The fourth-order valence-corrected chi connectivity index (χ4v) is 2.65. The number of nitrogens with one attached hydrogen (secondary N) is 1. The van der Waals surface area contributed by atoms with Crippen LogP contribution in [0.3, 0.4) is 0 Å². The molecule has 0 saturated carbocycles. The average Bonchev–Trinajstić information content (AvgIpc) is 3.29. The van der Waals surface area contributed by atoms with E-state index in [1.54, 1.807) is 43.0 Å². The Balaban J connectivity index is 1.33. The highest BCUT2D eigenvalue weighted by atomic mass is 16.5. The van der Waals surface area contributed by atoms with Crippen LogP contribution in [0.25, 0.3) is 5.82 Å². The molecule has 0 aliphatic rings. The number of ether oxygens (including phenoxy) is 1. The molecule has 0 fully saturated rings. The molecule has 0 aliphatic carbocycles. The maximum Gasteiger partial charge on any atom is 0.251 e. The molecular weight excluding hydrogens is 352 g/mol. The number of rotatable bonds is 6. The normalized spacial score (nSPS) is 10.4. The Morgan fingerprint density at radius 2 is 1.75 bits per heavy atom. The van der Waals surface area contributed by atoms with E-state index in [1.165, 1.54) is 0 Å². The molecule has 4 rings (SSSR count). The quantitative estimate of drug-likeness (QED) is 0.557. The molecule has 0 unspecified atom stereocenters. The van der Waals surface area contributed by atoms with Crippen LogP contribution in [0.5, 0.6) is 11.5 Å². The summed E-state index contributed by atoms with van der Waals surface area (Å²) in [4.78, 5) is 20.7. The highest BCUT2D eigenvalue weighted by Crippen LogP contribution is 2.21. The van der Waals surface area contributed by atoms with Crippen LogP contribution < -0.4 is 10.1 Å². The molecule has 0 spiro atoms. The summed E-state index contributed by atoms with van der Waals surface area (Å²) in [6.07, 6.45) is 6.96. The SMILES string of the molecule is O=C(NCc1ccc(-n2ccnc2)nc1)c1ccc(Oc2ccccc2)cc1. The number of hydrogen-bond acceptors (Lipinski definition) is 4. The Bertz CT molecular complexity index is 1030. The third-order valence-corrected chi connectivity index (χ3v) is 4.13. The Hall–Kier alpha value is -3.93. The van der Waals surface area contributed by atoms with Gasteiger partial charge in [0.25, 0.3) is 5.91 Å². The molecule has 1 N–H and O–H groups in total. The van der Waals surface area contributed by atoms with Crippen molar-refractivity contribution in [2.75, 3.05) is 0 Å². The molecule has 0 aliphatic heterocycles. The van der Waals surface area contributed by atoms with Gasteiger partial charge in [-0.05, 0) is 48.0 Å². The Labute approximate surface area is 162 Å². The van der Waals surface area contributed by atoms with Crippen molar-refractivity contribution in [1.82, 2.24) is 19.9 Å². The van der Waals surface area contributed by atoms with E-state index < -0.39 is 0 Å². The third-order valence-electron chi connectivity index (χ3n) is 4.13. The topological polar surface area (TPSA) is 69.0 Å². The van der Waals surface area contributed by atoms with Gasteiger partial charge in [0.05, 0.1) is 0 Å². The molecule has 6 heteroatoms. The Kier molecular flexibility index (Phi) is 5.11. The van der Waals surface area contributed by atoms with Crippen LogP contribution in [0.2, 0.25) is 0 Å². The Morgan fingerprint density at radius 3 is 2.43 bits per heavy atom. The van der Waals surface area contributed by atoms with E-state index in [1.807, 2.05) is 53.2 Å². The molecule has 1 amide bonds. The van der Waals surface area contributed by atoms with Gasteiger partial charge >= 0.3 is 0 Å². The van der Waals surface area contributed by atoms with Gasteiger partial charge in [-0.25, -0.2) is 9.97 Å². The number of imidazole rings is 1. The predicted octanol–water partition coefficient (Wildman–Crippen LogP) is 3.99. The lowest BCUT2D eigenvalue weighted by molar-refractivity contribution is 0.0951. The third kappa shape index (κ3) is 4.24.